The molecule has 0 bridgehead atoms. The normalized spacial score (nSPS) is 17.6. The minimum Gasteiger partial charge on any atom is -0.480 e. The Kier molecular flexibility index (Phi) is 8.26. The van der Waals surface area contributed by atoms with E-state index in [-0.39, 0.29) is 25.0 Å². The lowest BCUT2D eigenvalue weighted by Crippen LogP contribution is -2.34. The maximum Gasteiger partial charge on any atom is 0.329 e. The van der Waals surface area contributed by atoms with Gasteiger partial charge in [-0.1, -0.05) is 39.0 Å². The van der Waals surface area contributed by atoms with Crippen LogP contribution in [0.3, 0.4) is 0 Å². The summed E-state index contributed by atoms with van der Waals surface area (Å²) < 4.78 is 4.89. The zero-order valence-corrected chi connectivity index (χ0v) is 12.4. The lowest BCUT2D eigenvalue weighted by Gasteiger charge is -2.25. The van der Waals surface area contributed by atoms with E-state index in [0.29, 0.717) is 12.5 Å². The molecule has 1 fully saturated rings. The summed E-state index contributed by atoms with van der Waals surface area (Å²) in [6.45, 7) is 2.37. The molecular formula is C15H27NO4. The second-order valence-corrected chi connectivity index (χ2v) is 5.58. The molecule has 0 aromatic carbocycles. The lowest BCUT2D eigenvalue weighted by molar-refractivity contribution is -0.142. The predicted molar refractivity (Wildman–Crippen MR) is 76.4 cm³/mol. The maximum atomic E-state index is 12.1. The first-order valence-corrected chi connectivity index (χ1v) is 7.70. The van der Waals surface area contributed by atoms with Crippen LogP contribution < -0.4 is 5.32 Å². The number of carboxylic acids is 1. The smallest absolute Gasteiger partial charge is 0.329 e. The van der Waals surface area contributed by atoms with Crippen LogP contribution in [0.25, 0.3) is 0 Å². The summed E-state index contributed by atoms with van der Waals surface area (Å²) in [4.78, 5) is 22.3. The molecule has 0 aromatic heterocycles. The summed E-state index contributed by atoms with van der Waals surface area (Å²) in [5.74, 6) is -0.127. The molecule has 2 N–H and O–H groups in total. The standard InChI is InChI=1S/C15H27NO4/c1-2-13(10-12-6-4-3-5-7-12)15(19)16-8-9-20-11-14(17)18/h12-13H,2-11H2,1H3,(H,16,19)(H,17,18). The van der Waals surface area contributed by atoms with E-state index in [9.17, 15) is 9.59 Å². The van der Waals surface area contributed by atoms with E-state index < -0.39 is 5.97 Å². The Balaban J connectivity index is 2.18. The van der Waals surface area contributed by atoms with Crippen molar-refractivity contribution >= 4 is 11.9 Å². The first-order valence-electron chi connectivity index (χ1n) is 7.70. The van der Waals surface area contributed by atoms with Gasteiger partial charge in [-0.15, -0.1) is 0 Å². The molecule has 0 aliphatic heterocycles. The lowest BCUT2D eigenvalue weighted by atomic mass is 9.82. The third-order valence-electron chi connectivity index (χ3n) is 3.98. The zero-order valence-electron chi connectivity index (χ0n) is 12.4. The van der Waals surface area contributed by atoms with Crippen LogP contribution in [-0.4, -0.2) is 36.7 Å². The highest BCUT2D eigenvalue weighted by molar-refractivity contribution is 5.78. The average Bonchev–Trinajstić information content (AvgIpc) is 2.45. The van der Waals surface area contributed by atoms with E-state index in [1.165, 1.54) is 32.1 Å². The second-order valence-electron chi connectivity index (χ2n) is 5.58. The van der Waals surface area contributed by atoms with Crippen molar-refractivity contribution in [3.63, 3.8) is 0 Å². The van der Waals surface area contributed by atoms with Crippen LogP contribution in [0.1, 0.15) is 51.9 Å². The molecule has 0 aromatic rings. The molecule has 1 unspecified atom stereocenters. The Morgan fingerprint density at radius 3 is 2.60 bits per heavy atom. The fraction of sp³-hybridized carbons (Fsp3) is 0.867. The number of nitrogens with one attached hydrogen (secondary N) is 1. The van der Waals surface area contributed by atoms with Crippen molar-refractivity contribution in [2.75, 3.05) is 19.8 Å². The number of carboxylic acid groups (broad SMARTS) is 1. The third-order valence-corrected chi connectivity index (χ3v) is 3.98. The number of ether oxygens (including phenoxy) is 1. The first kappa shape index (κ1) is 17.0. The predicted octanol–water partition coefficient (Wildman–Crippen LogP) is 2.20. The highest BCUT2D eigenvalue weighted by atomic mass is 16.5. The molecule has 116 valence electrons. The van der Waals surface area contributed by atoms with E-state index in [0.717, 1.165) is 12.8 Å². The van der Waals surface area contributed by atoms with Gasteiger partial charge in [0.1, 0.15) is 6.61 Å². The second kappa shape index (κ2) is 9.75. The monoisotopic (exact) mass is 285 g/mol. The van der Waals surface area contributed by atoms with Gasteiger partial charge in [-0.2, -0.15) is 0 Å². The Morgan fingerprint density at radius 2 is 2.00 bits per heavy atom. The van der Waals surface area contributed by atoms with Gasteiger partial charge < -0.3 is 15.2 Å². The van der Waals surface area contributed by atoms with Gasteiger partial charge in [0.25, 0.3) is 0 Å². The molecule has 5 heteroatoms. The van der Waals surface area contributed by atoms with Crippen LogP contribution in [-0.2, 0) is 14.3 Å². The molecular weight excluding hydrogens is 258 g/mol. The van der Waals surface area contributed by atoms with Crippen molar-refractivity contribution in [1.29, 1.82) is 0 Å². The van der Waals surface area contributed by atoms with Crippen LogP contribution in [0.4, 0.5) is 0 Å². The molecule has 0 saturated heterocycles. The SMILES string of the molecule is CCC(CC1CCCCC1)C(=O)NCCOCC(=O)O. The van der Waals surface area contributed by atoms with Crippen molar-refractivity contribution in [2.24, 2.45) is 11.8 Å². The molecule has 1 aliphatic carbocycles. The summed E-state index contributed by atoms with van der Waals surface area (Å²) in [6, 6.07) is 0. The molecule has 1 saturated carbocycles. The quantitative estimate of drug-likeness (QED) is 0.637. The van der Waals surface area contributed by atoms with Crippen LogP contribution in [0, 0.1) is 11.8 Å². The first-order chi connectivity index (χ1) is 9.63. The molecule has 1 rings (SSSR count). The van der Waals surface area contributed by atoms with Gasteiger partial charge in [0.2, 0.25) is 5.91 Å². The number of carbonyl (C=O) groups excluding carboxylic acids is 1. The van der Waals surface area contributed by atoms with E-state index in [4.69, 9.17) is 9.84 Å². The van der Waals surface area contributed by atoms with Crippen molar-refractivity contribution in [3.05, 3.63) is 0 Å². The highest BCUT2D eigenvalue weighted by Crippen LogP contribution is 2.30. The fourth-order valence-electron chi connectivity index (χ4n) is 2.83. The summed E-state index contributed by atoms with van der Waals surface area (Å²) in [5, 5.41) is 11.3. The summed E-state index contributed by atoms with van der Waals surface area (Å²) in [6.07, 6.45) is 8.28. The maximum absolute atomic E-state index is 12.1. The third kappa shape index (κ3) is 6.89. The van der Waals surface area contributed by atoms with Gasteiger partial charge >= 0.3 is 5.97 Å². The van der Waals surface area contributed by atoms with Crippen LogP contribution in [0.15, 0.2) is 0 Å². The van der Waals surface area contributed by atoms with E-state index in [1.54, 1.807) is 0 Å². The molecule has 1 amide bonds. The van der Waals surface area contributed by atoms with Crippen LogP contribution >= 0.6 is 0 Å². The zero-order chi connectivity index (χ0) is 14.8. The molecule has 0 radical (unpaired) electrons. The number of hydrogen-bond acceptors (Lipinski definition) is 3. The number of aliphatic carboxylic acids is 1. The molecule has 0 heterocycles. The molecule has 0 spiro atoms. The van der Waals surface area contributed by atoms with E-state index in [1.807, 2.05) is 6.92 Å². The summed E-state index contributed by atoms with van der Waals surface area (Å²) >= 11 is 0. The largest absolute Gasteiger partial charge is 0.480 e. The van der Waals surface area contributed by atoms with Gasteiger partial charge in [0.15, 0.2) is 0 Å². The number of hydrogen-bond donors (Lipinski definition) is 2. The van der Waals surface area contributed by atoms with Gasteiger partial charge in [-0.3, -0.25) is 4.79 Å². The highest BCUT2D eigenvalue weighted by Gasteiger charge is 2.22. The van der Waals surface area contributed by atoms with Crippen molar-refractivity contribution in [2.45, 2.75) is 51.9 Å². The Bertz CT molecular complexity index is 300. The minimum absolute atomic E-state index is 0.0806. The Labute approximate surface area is 121 Å². The van der Waals surface area contributed by atoms with Gasteiger partial charge in [-0.05, 0) is 18.8 Å². The number of rotatable bonds is 9. The number of amides is 1. The van der Waals surface area contributed by atoms with E-state index >= 15 is 0 Å². The van der Waals surface area contributed by atoms with Crippen molar-refractivity contribution in [1.82, 2.24) is 5.32 Å². The Morgan fingerprint density at radius 1 is 1.30 bits per heavy atom. The van der Waals surface area contributed by atoms with Crippen molar-refractivity contribution in [3.8, 4) is 0 Å². The van der Waals surface area contributed by atoms with Crippen LogP contribution in [0.5, 0.6) is 0 Å². The Hall–Kier alpha value is -1.10. The molecule has 1 atom stereocenters. The fourth-order valence-corrected chi connectivity index (χ4v) is 2.83. The van der Waals surface area contributed by atoms with Gasteiger partial charge in [0.05, 0.1) is 6.61 Å². The summed E-state index contributed by atoms with van der Waals surface area (Å²) in [7, 11) is 0. The summed E-state index contributed by atoms with van der Waals surface area (Å²) in [5.41, 5.74) is 0. The molecule has 5 nitrogen and oxygen atoms in total. The molecule has 20 heavy (non-hydrogen) atoms. The average molecular weight is 285 g/mol. The van der Waals surface area contributed by atoms with Gasteiger partial charge in [-0.25, -0.2) is 4.79 Å². The molecule has 1 aliphatic rings. The van der Waals surface area contributed by atoms with E-state index in [2.05, 4.69) is 5.32 Å². The number of carbonyl (C=O) groups is 2. The van der Waals surface area contributed by atoms with Gasteiger partial charge in [0, 0.05) is 12.5 Å². The van der Waals surface area contributed by atoms with Crippen molar-refractivity contribution < 1.29 is 19.4 Å². The van der Waals surface area contributed by atoms with Crippen LogP contribution in [0.2, 0.25) is 0 Å². The topological polar surface area (TPSA) is 75.6 Å². The minimum atomic E-state index is -0.986.